The fourth-order valence-corrected chi connectivity index (χ4v) is 0.156. The molecule has 36 valence electrons. The van der Waals surface area contributed by atoms with Crippen LogP contribution in [0, 0.1) is 12.5 Å². The predicted molar refractivity (Wildman–Crippen MR) is 24.1 cm³/mol. The van der Waals surface area contributed by atoms with Crippen LogP contribution in [-0.4, -0.2) is 12.4 Å². The summed E-state index contributed by atoms with van der Waals surface area (Å²) in [7, 11) is 3.38. The maximum Gasteiger partial charge on any atom is 0.145 e. The molecule has 0 aliphatic carbocycles. The van der Waals surface area contributed by atoms with E-state index in [-0.39, 0.29) is 5.84 Å². The van der Waals surface area contributed by atoms with Crippen molar-refractivity contribution < 1.29 is 5.32 Å². The van der Waals surface area contributed by atoms with E-state index in [1.54, 1.807) is 5.32 Å². The van der Waals surface area contributed by atoms with Gasteiger partial charge in [0.1, 0.15) is 12.4 Å². The second kappa shape index (κ2) is 2.66. The molecule has 0 saturated carbocycles. The lowest BCUT2D eigenvalue weighted by molar-refractivity contribution is -0.580. The first-order valence-corrected chi connectivity index (χ1v) is 1.71. The molecule has 0 heterocycles. The maximum atomic E-state index is 6.60. The molecule has 0 radical (unpaired) electrons. The van der Waals surface area contributed by atoms with E-state index in [9.17, 15) is 0 Å². The van der Waals surface area contributed by atoms with Gasteiger partial charge in [-0.05, 0) is 0 Å². The highest BCUT2D eigenvalue weighted by Crippen LogP contribution is 1.37. The first kappa shape index (κ1) is 5.43. The zero-order valence-corrected chi connectivity index (χ0v) is 3.57. The van der Waals surface area contributed by atoms with Gasteiger partial charge >= 0.3 is 0 Å². The van der Waals surface area contributed by atoms with Gasteiger partial charge < -0.3 is 11.1 Å². The molecule has 0 fully saturated rings. The minimum Gasteiger partial charge on any atom is -0.473 e. The van der Waals surface area contributed by atoms with Crippen molar-refractivity contribution in [3.8, 4) is 0 Å². The van der Waals surface area contributed by atoms with E-state index in [2.05, 4.69) is 7.05 Å². The molecule has 3 nitrogen and oxygen atoms in total. The molecule has 0 aromatic rings. The molecular weight excluding hydrogens is 78.1 g/mol. The van der Waals surface area contributed by atoms with Crippen molar-refractivity contribution >= 4 is 5.84 Å². The number of hydrogen-bond acceptors (Lipinski definition) is 1. The van der Waals surface area contributed by atoms with E-state index in [0.717, 1.165) is 0 Å². The summed E-state index contributed by atoms with van der Waals surface area (Å²) < 4.78 is 0. The Balaban J connectivity index is 2.83. The summed E-state index contributed by atoms with van der Waals surface area (Å²) in [5.74, 6) is 0.171. The Labute approximate surface area is 37.0 Å². The Bertz CT molecular complexity index is 50.0. The smallest absolute Gasteiger partial charge is 0.145 e. The van der Waals surface area contributed by atoms with E-state index < -0.39 is 0 Å². The fourth-order valence-electron chi connectivity index (χ4n) is 0.156. The second-order valence-electron chi connectivity index (χ2n) is 1.02. The first-order valence-electron chi connectivity index (χ1n) is 1.71. The fraction of sp³-hybridized carbons (Fsp3) is 0.333. The molecule has 0 bridgehead atoms. The normalized spacial score (nSPS) is 8.17. The number of hydrogen-bond donors (Lipinski definition) is 3. The number of quaternary nitrogens is 1. The summed E-state index contributed by atoms with van der Waals surface area (Å²) in [4.78, 5) is 0. The van der Waals surface area contributed by atoms with Crippen molar-refractivity contribution in [3.05, 3.63) is 7.05 Å². The van der Waals surface area contributed by atoms with Gasteiger partial charge in [0.15, 0.2) is 0 Å². The highest BCUT2D eigenvalue weighted by atomic mass is 14.9. The van der Waals surface area contributed by atoms with Crippen LogP contribution in [0.25, 0.3) is 0 Å². The van der Waals surface area contributed by atoms with Crippen LogP contribution < -0.4 is 11.1 Å². The Morgan fingerprint density at radius 3 is 2.50 bits per heavy atom. The zero-order chi connectivity index (χ0) is 4.99. The quantitative estimate of drug-likeness (QED) is 0.209. The Morgan fingerprint density at radius 2 is 2.50 bits per heavy atom. The Kier molecular flexibility index (Phi) is 2.40. The summed E-state index contributed by atoms with van der Waals surface area (Å²) >= 11 is 0. The molecule has 0 aromatic carbocycles. The average molecular weight is 87.1 g/mol. The molecule has 3 heteroatoms. The van der Waals surface area contributed by atoms with Crippen LogP contribution in [-0.2, 0) is 0 Å². The number of nitrogens with one attached hydrogen (secondary N) is 1. The van der Waals surface area contributed by atoms with Crippen LogP contribution in [0.2, 0.25) is 0 Å². The highest BCUT2D eigenvalue weighted by molar-refractivity contribution is 5.77. The third kappa shape index (κ3) is 3.43. The Morgan fingerprint density at radius 1 is 2.00 bits per heavy atom. The van der Waals surface area contributed by atoms with E-state index in [1.807, 2.05) is 0 Å². The molecule has 0 amide bonds. The van der Waals surface area contributed by atoms with Gasteiger partial charge in [0.05, 0.1) is 0 Å². The predicted octanol–water partition coefficient (Wildman–Crippen LogP) is -1.72. The third-order valence-electron chi connectivity index (χ3n) is 0.364. The van der Waals surface area contributed by atoms with Crippen molar-refractivity contribution in [2.45, 2.75) is 0 Å². The van der Waals surface area contributed by atoms with Gasteiger partial charge in [-0.3, -0.25) is 5.41 Å². The minimum absolute atomic E-state index is 0.171. The third-order valence-corrected chi connectivity index (χ3v) is 0.364. The minimum atomic E-state index is 0.171. The van der Waals surface area contributed by atoms with Gasteiger partial charge in [0, 0.05) is 0 Å². The van der Waals surface area contributed by atoms with Crippen LogP contribution >= 0.6 is 0 Å². The van der Waals surface area contributed by atoms with Gasteiger partial charge in [-0.15, -0.1) is 0 Å². The molecule has 5 N–H and O–H groups in total. The standard InChI is InChI=1S/C3H9N3/c1-6-2-3(4)5/h1-2,6H2,(H3,4,5). The SMILES string of the molecule is [CH2-][NH2+]CC(=N)N. The largest absolute Gasteiger partial charge is 0.473 e. The van der Waals surface area contributed by atoms with Crippen molar-refractivity contribution in [2.24, 2.45) is 5.73 Å². The summed E-state index contributed by atoms with van der Waals surface area (Å²) in [6, 6.07) is 0. The molecule has 0 saturated heterocycles. The van der Waals surface area contributed by atoms with Crippen LogP contribution in [0.1, 0.15) is 0 Å². The van der Waals surface area contributed by atoms with E-state index >= 15 is 0 Å². The lowest BCUT2D eigenvalue weighted by Crippen LogP contribution is -2.79. The maximum absolute atomic E-state index is 6.60. The molecule has 0 aromatic heterocycles. The van der Waals surface area contributed by atoms with Crippen LogP contribution in [0.3, 0.4) is 0 Å². The molecule has 0 aliphatic rings. The second-order valence-corrected chi connectivity index (χ2v) is 1.02. The van der Waals surface area contributed by atoms with Crippen molar-refractivity contribution in [1.82, 2.24) is 0 Å². The lowest BCUT2D eigenvalue weighted by Gasteiger charge is -1.92. The lowest BCUT2D eigenvalue weighted by atomic mass is 10.6. The van der Waals surface area contributed by atoms with Crippen LogP contribution in [0.5, 0.6) is 0 Å². The van der Waals surface area contributed by atoms with E-state index in [4.69, 9.17) is 11.1 Å². The van der Waals surface area contributed by atoms with Crippen molar-refractivity contribution in [2.75, 3.05) is 6.54 Å². The number of nitrogens with two attached hydrogens (primary N) is 2. The van der Waals surface area contributed by atoms with Gasteiger partial charge in [-0.25, -0.2) is 0 Å². The average Bonchev–Trinajstić information content (AvgIpc) is 1.35. The van der Waals surface area contributed by atoms with Crippen molar-refractivity contribution in [1.29, 1.82) is 5.41 Å². The summed E-state index contributed by atoms with van der Waals surface area (Å²) in [5, 5.41) is 8.20. The first-order chi connectivity index (χ1) is 2.77. The molecule has 0 unspecified atom stereocenters. The Hall–Kier alpha value is -0.570. The zero-order valence-electron chi connectivity index (χ0n) is 3.57. The van der Waals surface area contributed by atoms with Gasteiger partial charge in [0.2, 0.25) is 0 Å². The summed E-state index contributed by atoms with van der Waals surface area (Å²) in [5.41, 5.74) is 4.92. The van der Waals surface area contributed by atoms with Crippen molar-refractivity contribution in [3.63, 3.8) is 0 Å². The number of rotatable bonds is 2. The molecular formula is C3H9N3. The summed E-state index contributed by atoms with van der Waals surface area (Å²) in [6.07, 6.45) is 0. The van der Waals surface area contributed by atoms with Gasteiger partial charge in [-0.1, -0.05) is 0 Å². The van der Waals surface area contributed by atoms with Gasteiger partial charge in [0.25, 0.3) is 0 Å². The van der Waals surface area contributed by atoms with Crippen LogP contribution in [0.4, 0.5) is 0 Å². The van der Waals surface area contributed by atoms with E-state index in [1.165, 1.54) is 0 Å². The van der Waals surface area contributed by atoms with E-state index in [0.29, 0.717) is 6.54 Å². The molecule has 0 spiro atoms. The monoisotopic (exact) mass is 87.1 g/mol. The summed E-state index contributed by atoms with van der Waals surface area (Å²) in [6.45, 7) is 0.500. The topological polar surface area (TPSA) is 66.5 Å². The van der Waals surface area contributed by atoms with Crippen LogP contribution in [0.15, 0.2) is 0 Å². The number of amidine groups is 1. The molecule has 0 atom stereocenters. The van der Waals surface area contributed by atoms with Gasteiger partial charge in [-0.2, -0.15) is 7.05 Å². The molecule has 6 heavy (non-hydrogen) atoms. The molecule has 0 rings (SSSR count). The highest BCUT2D eigenvalue weighted by Gasteiger charge is 1.78. The molecule has 0 aliphatic heterocycles.